The molecule has 1 atom stereocenters. The van der Waals surface area contributed by atoms with Crippen LogP contribution in [0.1, 0.15) is 11.1 Å². The number of alkyl halides is 1. The van der Waals surface area contributed by atoms with Gasteiger partial charge in [-0.3, -0.25) is 0 Å². The zero-order valence-electron chi connectivity index (χ0n) is 13.1. The third kappa shape index (κ3) is 3.44. The molecule has 0 bridgehead atoms. The third-order valence-electron chi connectivity index (χ3n) is 3.43. The number of methoxy groups -OCH3 is 3. The lowest BCUT2D eigenvalue weighted by Crippen LogP contribution is -2.15. The minimum atomic E-state index is -0.619. The molecule has 1 aliphatic rings. The van der Waals surface area contributed by atoms with E-state index in [0.717, 1.165) is 11.1 Å². The molecule has 2 rings (SSSR count). The highest BCUT2D eigenvalue weighted by atomic mass is 35.5. The summed E-state index contributed by atoms with van der Waals surface area (Å²) in [4.78, 5) is 3.95. The second kappa shape index (κ2) is 7.47. The summed E-state index contributed by atoms with van der Waals surface area (Å²) >= 11 is 18.5. The van der Waals surface area contributed by atoms with Crippen LogP contribution in [0.15, 0.2) is 27.9 Å². The second-order valence-electron chi connectivity index (χ2n) is 4.77. The number of ether oxygens (including phenoxy) is 3. The Balaban J connectivity index is 2.67. The Kier molecular flexibility index (Phi) is 5.84. The van der Waals surface area contributed by atoms with E-state index in [1.54, 1.807) is 21.3 Å². The molecule has 1 aliphatic heterocycles. The van der Waals surface area contributed by atoms with E-state index in [2.05, 4.69) is 4.99 Å². The molecule has 0 aliphatic carbocycles. The predicted octanol–water partition coefficient (Wildman–Crippen LogP) is 4.74. The number of rotatable bonds is 4. The molecule has 0 saturated carbocycles. The van der Waals surface area contributed by atoms with Gasteiger partial charge in [0, 0.05) is 11.8 Å². The fourth-order valence-electron chi connectivity index (χ4n) is 2.29. The topological polar surface area (TPSA) is 40.0 Å². The first kappa shape index (κ1) is 18.0. The summed E-state index contributed by atoms with van der Waals surface area (Å²) in [5.74, 6) is 1.61. The molecular formula is C16H16Cl3NO3. The zero-order chi connectivity index (χ0) is 17.1. The molecule has 0 spiro atoms. The summed E-state index contributed by atoms with van der Waals surface area (Å²) < 4.78 is 16.3. The van der Waals surface area contributed by atoms with Crippen LogP contribution in [0.2, 0.25) is 0 Å². The number of aliphatic imine (C=N–C) groups is 1. The molecule has 23 heavy (non-hydrogen) atoms. The Morgan fingerprint density at radius 3 is 2.30 bits per heavy atom. The molecule has 1 unspecified atom stereocenters. The van der Waals surface area contributed by atoms with Crippen LogP contribution in [0.3, 0.4) is 0 Å². The fourth-order valence-corrected chi connectivity index (χ4v) is 2.96. The first-order valence-corrected chi connectivity index (χ1v) is 7.88. The lowest BCUT2D eigenvalue weighted by atomic mass is 10.0. The van der Waals surface area contributed by atoms with Gasteiger partial charge in [0.25, 0.3) is 0 Å². The van der Waals surface area contributed by atoms with E-state index < -0.39 is 5.38 Å². The number of aryl methyl sites for hydroxylation is 1. The average Bonchev–Trinajstić information content (AvgIpc) is 2.55. The van der Waals surface area contributed by atoms with Gasteiger partial charge in [0.15, 0.2) is 11.5 Å². The smallest absolute Gasteiger partial charge is 0.203 e. The fraction of sp³-hybridized carbons (Fsp3) is 0.312. The lowest BCUT2D eigenvalue weighted by Gasteiger charge is -2.19. The molecule has 1 aromatic carbocycles. The van der Waals surface area contributed by atoms with Crippen LogP contribution in [0.5, 0.6) is 17.2 Å². The van der Waals surface area contributed by atoms with Crippen LogP contribution < -0.4 is 14.2 Å². The standard InChI is InChI=1S/C16H16Cl3NO3/c1-8-5-12(21-2)15(23-4)14(22-3)9(8)6-10-11(17)7-20-16(19)13(10)18/h5-7,13H,1-4H3. The summed E-state index contributed by atoms with van der Waals surface area (Å²) in [6, 6.07) is 1.85. The lowest BCUT2D eigenvalue weighted by molar-refractivity contribution is 0.323. The largest absolute Gasteiger partial charge is 0.493 e. The van der Waals surface area contributed by atoms with Crippen molar-refractivity contribution in [3.05, 3.63) is 34.0 Å². The van der Waals surface area contributed by atoms with Gasteiger partial charge in [0.1, 0.15) is 10.5 Å². The summed E-state index contributed by atoms with van der Waals surface area (Å²) in [5, 5.41) is 0.0661. The molecule has 1 aromatic rings. The van der Waals surface area contributed by atoms with Crippen molar-refractivity contribution in [2.45, 2.75) is 12.3 Å². The van der Waals surface area contributed by atoms with Crippen molar-refractivity contribution in [3.8, 4) is 17.2 Å². The Labute approximate surface area is 150 Å². The molecule has 0 aromatic heterocycles. The monoisotopic (exact) mass is 375 g/mol. The Morgan fingerprint density at radius 2 is 1.74 bits per heavy atom. The van der Waals surface area contributed by atoms with Gasteiger partial charge < -0.3 is 14.2 Å². The predicted molar refractivity (Wildman–Crippen MR) is 95.7 cm³/mol. The Morgan fingerprint density at radius 1 is 1.09 bits per heavy atom. The highest BCUT2D eigenvalue weighted by Gasteiger charge is 2.25. The van der Waals surface area contributed by atoms with Gasteiger partial charge >= 0.3 is 0 Å². The van der Waals surface area contributed by atoms with E-state index in [1.807, 2.05) is 19.1 Å². The maximum Gasteiger partial charge on any atom is 0.203 e. The minimum Gasteiger partial charge on any atom is -0.493 e. The number of benzene rings is 1. The van der Waals surface area contributed by atoms with Crippen LogP contribution in [0.4, 0.5) is 0 Å². The first-order valence-electron chi connectivity index (χ1n) is 6.69. The van der Waals surface area contributed by atoms with E-state index in [4.69, 9.17) is 49.0 Å². The molecule has 0 radical (unpaired) electrons. The van der Waals surface area contributed by atoms with E-state index in [1.165, 1.54) is 6.20 Å². The van der Waals surface area contributed by atoms with Crippen molar-refractivity contribution in [3.63, 3.8) is 0 Å². The summed E-state index contributed by atoms with van der Waals surface area (Å²) in [5.41, 5.74) is 2.34. The van der Waals surface area contributed by atoms with Crippen molar-refractivity contribution in [2.75, 3.05) is 21.3 Å². The van der Waals surface area contributed by atoms with Crippen molar-refractivity contribution >= 4 is 46.0 Å². The minimum absolute atomic E-state index is 0.263. The zero-order valence-corrected chi connectivity index (χ0v) is 15.4. The first-order chi connectivity index (χ1) is 10.9. The molecule has 0 saturated heterocycles. The normalized spacial score (nSPS) is 19.3. The van der Waals surface area contributed by atoms with E-state index in [9.17, 15) is 0 Å². The van der Waals surface area contributed by atoms with Gasteiger partial charge in [-0.1, -0.05) is 23.2 Å². The van der Waals surface area contributed by atoms with Gasteiger partial charge in [-0.05, 0) is 30.2 Å². The van der Waals surface area contributed by atoms with Crippen LogP contribution in [0, 0.1) is 6.92 Å². The Hall–Kier alpha value is -1.36. The van der Waals surface area contributed by atoms with Gasteiger partial charge in [-0.15, -0.1) is 11.6 Å². The summed E-state index contributed by atoms with van der Waals surface area (Å²) in [6.07, 6.45) is 3.29. The Bertz CT molecular complexity index is 711. The summed E-state index contributed by atoms with van der Waals surface area (Å²) in [7, 11) is 4.68. The molecule has 1 heterocycles. The number of hydrogen-bond donors (Lipinski definition) is 0. The molecule has 0 fully saturated rings. The van der Waals surface area contributed by atoms with Crippen LogP contribution in [0.25, 0.3) is 6.08 Å². The van der Waals surface area contributed by atoms with E-state index in [0.29, 0.717) is 27.9 Å². The molecule has 124 valence electrons. The number of allylic oxidation sites excluding steroid dienone is 2. The number of hydrogen-bond acceptors (Lipinski definition) is 4. The van der Waals surface area contributed by atoms with Crippen molar-refractivity contribution < 1.29 is 14.2 Å². The van der Waals surface area contributed by atoms with Gasteiger partial charge in [0.05, 0.1) is 26.4 Å². The highest BCUT2D eigenvalue weighted by Crippen LogP contribution is 2.44. The average molecular weight is 377 g/mol. The van der Waals surface area contributed by atoms with E-state index in [-0.39, 0.29) is 5.17 Å². The quantitative estimate of drug-likeness (QED) is 0.712. The molecule has 4 nitrogen and oxygen atoms in total. The highest BCUT2D eigenvalue weighted by molar-refractivity contribution is 6.72. The summed E-state index contributed by atoms with van der Waals surface area (Å²) in [6.45, 7) is 1.93. The molecular weight excluding hydrogens is 361 g/mol. The second-order valence-corrected chi connectivity index (χ2v) is 6.00. The van der Waals surface area contributed by atoms with Crippen LogP contribution in [-0.2, 0) is 0 Å². The van der Waals surface area contributed by atoms with Gasteiger partial charge in [0.2, 0.25) is 5.75 Å². The molecule has 0 amide bonds. The van der Waals surface area contributed by atoms with Crippen LogP contribution >= 0.6 is 34.8 Å². The molecule has 0 N–H and O–H groups in total. The van der Waals surface area contributed by atoms with Gasteiger partial charge in [-0.25, -0.2) is 4.99 Å². The number of halogens is 3. The van der Waals surface area contributed by atoms with Crippen molar-refractivity contribution in [1.82, 2.24) is 0 Å². The van der Waals surface area contributed by atoms with Crippen molar-refractivity contribution in [1.29, 1.82) is 0 Å². The van der Waals surface area contributed by atoms with Gasteiger partial charge in [-0.2, -0.15) is 0 Å². The van der Waals surface area contributed by atoms with E-state index >= 15 is 0 Å². The maximum absolute atomic E-state index is 6.30. The van der Waals surface area contributed by atoms with Crippen LogP contribution in [-0.4, -0.2) is 31.9 Å². The molecule has 7 heteroatoms. The SMILES string of the molecule is COc1cc(C)c(C=C2C(Cl)=CN=C(Cl)C2Cl)c(OC)c1OC. The number of nitrogens with zero attached hydrogens (tertiary/aromatic N) is 1. The third-order valence-corrected chi connectivity index (χ3v) is 4.62. The maximum atomic E-state index is 6.30. The van der Waals surface area contributed by atoms with Crippen molar-refractivity contribution in [2.24, 2.45) is 4.99 Å².